The Bertz CT molecular complexity index is 293. The zero-order valence-electron chi connectivity index (χ0n) is 12.7. The van der Waals surface area contributed by atoms with E-state index >= 15 is 0 Å². The lowest BCUT2D eigenvalue weighted by Crippen LogP contribution is -2.46. The molecule has 0 heterocycles. The third kappa shape index (κ3) is 4.22. The second-order valence-electron chi connectivity index (χ2n) is 5.96. The van der Waals surface area contributed by atoms with Crippen molar-refractivity contribution < 1.29 is 4.79 Å². The summed E-state index contributed by atoms with van der Waals surface area (Å²) in [6, 6.07) is 0. The molecule has 0 radical (unpaired) electrons. The molecule has 0 saturated carbocycles. The van der Waals surface area contributed by atoms with Crippen molar-refractivity contribution in [3.63, 3.8) is 0 Å². The zero-order chi connectivity index (χ0) is 14.4. The summed E-state index contributed by atoms with van der Waals surface area (Å²) in [5.41, 5.74) is 0.612. The molecule has 0 fully saturated rings. The average Bonchev–Trinajstić information content (AvgIpc) is 2.32. The molecule has 0 spiro atoms. The molecule has 0 aliphatic heterocycles. The van der Waals surface area contributed by atoms with E-state index in [1.165, 1.54) is 25.7 Å². The number of Topliss-reactive ketones (excluding diaryl/α,β-unsaturated/α-hetero) is 1. The Morgan fingerprint density at radius 2 is 1.72 bits per heavy atom. The van der Waals surface area contributed by atoms with Crippen LogP contribution in [0.1, 0.15) is 73.1 Å². The Labute approximate surface area is 122 Å². The molecule has 0 aromatic carbocycles. The molecule has 18 heavy (non-hydrogen) atoms. The molecule has 0 N–H and O–H groups in total. The largest absolute Gasteiger partial charge is 0.293 e. The number of unbranched alkanes of at least 4 members (excludes halogenated alkanes) is 3. The lowest BCUT2D eigenvalue weighted by Gasteiger charge is -2.41. The summed E-state index contributed by atoms with van der Waals surface area (Å²) in [4.78, 5) is 12.4. The molecule has 106 valence electrons. The Balaban J connectivity index is 4.79. The first-order valence-electron chi connectivity index (χ1n) is 7.12. The van der Waals surface area contributed by atoms with Crippen LogP contribution in [0.15, 0.2) is 12.2 Å². The molecule has 0 saturated heterocycles. The van der Waals surface area contributed by atoms with Crippen molar-refractivity contribution in [3.8, 4) is 0 Å². The van der Waals surface area contributed by atoms with Crippen LogP contribution in [0.4, 0.5) is 0 Å². The van der Waals surface area contributed by atoms with E-state index in [0.717, 1.165) is 12.8 Å². The molecular formula is C16H29BrO. The molecular weight excluding hydrogens is 288 g/mol. The molecule has 1 nitrogen and oxygen atoms in total. The molecule has 0 bridgehead atoms. The van der Waals surface area contributed by atoms with E-state index in [-0.39, 0.29) is 11.2 Å². The molecule has 1 unspecified atom stereocenters. The Morgan fingerprint density at radius 1 is 1.17 bits per heavy atom. The molecule has 0 aromatic heterocycles. The monoisotopic (exact) mass is 316 g/mol. The van der Waals surface area contributed by atoms with Gasteiger partial charge >= 0.3 is 0 Å². The fourth-order valence-corrected chi connectivity index (χ4v) is 3.01. The third-order valence-corrected chi connectivity index (χ3v) is 5.96. The highest BCUT2D eigenvalue weighted by Crippen LogP contribution is 2.46. The maximum Gasteiger partial charge on any atom is 0.175 e. The van der Waals surface area contributed by atoms with Crippen LogP contribution < -0.4 is 0 Å². The van der Waals surface area contributed by atoms with Crippen LogP contribution in [0, 0.1) is 5.41 Å². The first-order chi connectivity index (χ1) is 8.23. The Hall–Kier alpha value is -0.110. The summed E-state index contributed by atoms with van der Waals surface area (Å²) in [6.45, 7) is 14.3. The van der Waals surface area contributed by atoms with Gasteiger partial charge in [-0.3, -0.25) is 4.79 Å². The predicted octanol–water partition coefficient (Wildman–Crippen LogP) is 5.67. The van der Waals surface area contributed by atoms with Crippen molar-refractivity contribution in [1.82, 2.24) is 0 Å². The first kappa shape index (κ1) is 17.9. The van der Waals surface area contributed by atoms with Gasteiger partial charge in [-0.1, -0.05) is 75.9 Å². The molecule has 2 heteroatoms. The third-order valence-electron chi connectivity index (χ3n) is 3.96. The van der Waals surface area contributed by atoms with Gasteiger partial charge < -0.3 is 0 Å². The van der Waals surface area contributed by atoms with Crippen molar-refractivity contribution in [3.05, 3.63) is 12.2 Å². The maximum absolute atomic E-state index is 12.4. The molecule has 0 rings (SSSR count). The number of hydrogen-bond donors (Lipinski definition) is 0. The summed E-state index contributed by atoms with van der Waals surface area (Å²) < 4.78 is -0.460. The SMILES string of the molecule is C=C(C)C(=O)C(Br)(CC)C(C)(C)CCCCCC. The molecule has 0 aromatic rings. The van der Waals surface area contributed by atoms with Gasteiger partial charge in [-0.15, -0.1) is 0 Å². The van der Waals surface area contributed by atoms with E-state index in [2.05, 4.69) is 50.2 Å². The molecule has 0 amide bonds. The quantitative estimate of drug-likeness (QED) is 0.304. The summed E-state index contributed by atoms with van der Waals surface area (Å²) >= 11 is 3.73. The standard InChI is InChI=1S/C16H29BrO/c1-7-9-10-11-12-15(5,6)16(17,8-2)14(18)13(3)4/h3,7-12H2,1-2,4-6H3. The number of carbonyl (C=O) groups excluding carboxylic acids is 1. The van der Waals surface area contributed by atoms with E-state index in [0.29, 0.717) is 5.57 Å². The Kier molecular flexibility index (Phi) is 7.43. The van der Waals surface area contributed by atoms with Gasteiger partial charge in [0.1, 0.15) is 0 Å². The highest BCUT2D eigenvalue weighted by Gasteiger charge is 2.46. The highest BCUT2D eigenvalue weighted by molar-refractivity contribution is 9.10. The van der Waals surface area contributed by atoms with E-state index in [4.69, 9.17) is 0 Å². The topological polar surface area (TPSA) is 17.1 Å². The van der Waals surface area contributed by atoms with Gasteiger partial charge in [0.2, 0.25) is 0 Å². The summed E-state index contributed by atoms with van der Waals surface area (Å²) in [5.74, 6) is 0.158. The van der Waals surface area contributed by atoms with Crippen molar-refractivity contribution in [1.29, 1.82) is 0 Å². The van der Waals surface area contributed by atoms with Crippen molar-refractivity contribution in [2.45, 2.75) is 77.5 Å². The number of allylic oxidation sites excluding steroid dienone is 1. The fourth-order valence-electron chi connectivity index (χ4n) is 2.48. The van der Waals surface area contributed by atoms with Gasteiger partial charge in [-0.25, -0.2) is 0 Å². The van der Waals surface area contributed by atoms with Gasteiger partial charge in [0, 0.05) is 0 Å². The highest BCUT2D eigenvalue weighted by atomic mass is 79.9. The molecule has 1 atom stereocenters. The zero-order valence-corrected chi connectivity index (χ0v) is 14.3. The first-order valence-corrected chi connectivity index (χ1v) is 7.91. The fraction of sp³-hybridized carbons (Fsp3) is 0.812. The normalized spacial score (nSPS) is 15.2. The minimum Gasteiger partial charge on any atom is -0.293 e. The minimum absolute atomic E-state index is 0.0362. The van der Waals surface area contributed by atoms with E-state index in [9.17, 15) is 4.79 Å². The van der Waals surface area contributed by atoms with E-state index in [1.54, 1.807) is 6.92 Å². The van der Waals surface area contributed by atoms with E-state index < -0.39 is 4.32 Å². The molecule has 0 aliphatic carbocycles. The van der Waals surface area contributed by atoms with Crippen LogP contribution >= 0.6 is 15.9 Å². The van der Waals surface area contributed by atoms with Gasteiger partial charge in [0.15, 0.2) is 5.78 Å². The second kappa shape index (κ2) is 7.47. The predicted molar refractivity (Wildman–Crippen MR) is 84.3 cm³/mol. The van der Waals surface area contributed by atoms with Crippen molar-refractivity contribution >= 4 is 21.7 Å². The summed E-state index contributed by atoms with van der Waals surface area (Å²) in [6.07, 6.45) is 6.86. The van der Waals surface area contributed by atoms with Crippen molar-refractivity contribution in [2.75, 3.05) is 0 Å². The lowest BCUT2D eigenvalue weighted by atomic mass is 9.70. The van der Waals surface area contributed by atoms with Gasteiger partial charge in [0.05, 0.1) is 4.32 Å². The average molecular weight is 317 g/mol. The number of carbonyl (C=O) groups is 1. The maximum atomic E-state index is 12.4. The van der Waals surface area contributed by atoms with Gasteiger partial charge in [0.25, 0.3) is 0 Å². The number of hydrogen-bond acceptors (Lipinski definition) is 1. The number of alkyl halides is 1. The number of rotatable bonds is 9. The van der Waals surface area contributed by atoms with E-state index in [1.807, 2.05) is 0 Å². The number of ketones is 1. The molecule has 0 aliphatic rings. The lowest BCUT2D eigenvalue weighted by molar-refractivity contribution is -0.120. The van der Waals surface area contributed by atoms with Crippen LogP contribution in [0.3, 0.4) is 0 Å². The van der Waals surface area contributed by atoms with Crippen LogP contribution in [0.2, 0.25) is 0 Å². The minimum atomic E-state index is -0.460. The van der Waals surface area contributed by atoms with Crippen LogP contribution in [0.25, 0.3) is 0 Å². The second-order valence-corrected chi connectivity index (χ2v) is 7.31. The summed E-state index contributed by atoms with van der Waals surface area (Å²) in [7, 11) is 0. The van der Waals surface area contributed by atoms with Crippen LogP contribution in [0.5, 0.6) is 0 Å². The van der Waals surface area contributed by atoms with Gasteiger partial charge in [-0.2, -0.15) is 0 Å². The number of halogens is 1. The smallest absolute Gasteiger partial charge is 0.175 e. The summed E-state index contributed by atoms with van der Waals surface area (Å²) in [5, 5.41) is 0. The van der Waals surface area contributed by atoms with Gasteiger partial charge in [-0.05, 0) is 30.8 Å². The Morgan fingerprint density at radius 3 is 2.11 bits per heavy atom. The van der Waals surface area contributed by atoms with Crippen LogP contribution in [-0.4, -0.2) is 10.1 Å². The van der Waals surface area contributed by atoms with Crippen LogP contribution in [-0.2, 0) is 4.79 Å². The van der Waals surface area contributed by atoms with Crippen molar-refractivity contribution in [2.24, 2.45) is 5.41 Å².